The van der Waals surface area contributed by atoms with Crippen molar-refractivity contribution >= 4 is 76.2 Å². The van der Waals surface area contributed by atoms with Crippen LogP contribution in [0.5, 0.6) is 0 Å². The maximum atomic E-state index is 14.1. The molecule has 4 heterocycles. The van der Waals surface area contributed by atoms with Crippen LogP contribution in [0.15, 0.2) is 104 Å². The number of rotatable bonds is 0. The number of aromatic nitrogens is 2. The Morgan fingerprint density at radius 2 is 0.708 bits per heavy atom. The minimum absolute atomic E-state index is 0.0589. The van der Waals surface area contributed by atoms with E-state index in [0.717, 1.165) is 0 Å². The van der Waals surface area contributed by atoms with Gasteiger partial charge in [0.05, 0.1) is 44.2 Å². The molecule has 0 spiro atoms. The molecule has 9 aromatic rings. The first-order chi connectivity index (χ1) is 22.8. The van der Waals surface area contributed by atoms with Crippen LogP contribution in [-0.2, 0) is 12.4 Å². The first kappa shape index (κ1) is 28.2. The molecule has 0 radical (unpaired) electrons. The zero-order chi connectivity index (χ0) is 33.6. The van der Waals surface area contributed by atoms with Crippen LogP contribution >= 0.6 is 0 Å². The monoisotopic (exact) mass is 652 g/mol. The molecule has 0 fully saturated rings. The van der Waals surface area contributed by atoms with E-state index < -0.39 is 56.0 Å². The molecular formula is C36H14F6N2O4. The molecule has 0 saturated heterocycles. The van der Waals surface area contributed by atoms with Crippen LogP contribution in [0.2, 0.25) is 0 Å². The molecule has 0 aliphatic heterocycles. The molecule has 12 heteroatoms. The lowest BCUT2D eigenvalue weighted by Gasteiger charge is -2.19. The molecule has 0 saturated carbocycles. The molecule has 0 unspecified atom stereocenters. The molecule has 0 amide bonds. The summed E-state index contributed by atoms with van der Waals surface area (Å²) >= 11 is 0. The largest absolute Gasteiger partial charge is 0.416 e. The fraction of sp³-hybridized carbons (Fsp3) is 0.0556. The first-order valence-corrected chi connectivity index (χ1v) is 14.4. The van der Waals surface area contributed by atoms with Crippen molar-refractivity contribution in [2.45, 2.75) is 12.4 Å². The fourth-order valence-corrected chi connectivity index (χ4v) is 7.12. The summed E-state index contributed by atoms with van der Waals surface area (Å²) in [5, 5.41) is -1.76. The highest BCUT2D eigenvalue weighted by Crippen LogP contribution is 2.38. The van der Waals surface area contributed by atoms with Gasteiger partial charge >= 0.3 is 12.4 Å². The number of pyridine rings is 4. The Hall–Kier alpha value is -6.04. The van der Waals surface area contributed by atoms with Crippen LogP contribution < -0.4 is 21.7 Å². The van der Waals surface area contributed by atoms with Crippen molar-refractivity contribution < 1.29 is 26.3 Å². The Balaban J connectivity index is 1.63. The maximum absolute atomic E-state index is 14.1. The zero-order valence-corrected chi connectivity index (χ0v) is 23.9. The Bertz CT molecular complexity index is 2970. The van der Waals surface area contributed by atoms with Crippen LogP contribution in [-0.4, -0.2) is 8.80 Å². The van der Waals surface area contributed by atoms with Crippen LogP contribution in [0.4, 0.5) is 26.3 Å². The van der Waals surface area contributed by atoms with E-state index in [2.05, 4.69) is 0 Å². The summed E-state index contributed by atoms with van der Waals surface area (Å²) in [4.78, 5) is 55.4. The number of halogens is 6. The highest BCUT2D eigenvalue weighted by atomic mass is 19.4. The van der Waals surface area contributed by atoms with Gasteiger partial charge in [0.2, 0.25) is 0 Å². The minimum atomic E-state index is -4.91. The molecule has 0 aliphatic rings. The molecule has 5 aromatic carbocycles. The second-order valence-electron chi connectivity index (χ2n) is 11.7. The summed E-state index contributed by atoms with van der Waals surface area (Å²) in [5.41, 5.74) is -4.98. The van der Waals surface area contributed by atoms with Gasteiger partial charge in [0.1, 0.15) is 0 Å². The lowest BCUT2D eigenvalue weighted by atomic mass is 9.97. The quantitative estimate of drug-likeness (QED) is 0.0968. The van der Waals surface area contributed by atoms with Gasteiger partial charge in [-0.1, -0.05) is 24.3 Å². The van der Waals surface area contributed by atoms with Crippen molar-refractivity contribution in [3.05, 3.63) is 137 Å². The van der Waals surface area contributed by atoms with Gasteiger partial charge in [-0.25, -0.2) is 0 Å². The molecule has 234 valence electrons. The van der Waals surface area contributed by atoms with Crippen molar-refractivity contribution in [1.82, 2.24) is 8.80 Å². The third-order valence-electron chi connectivity index (χ3n) is 9.16. The van der Waals surface area contributed by atoms with E-state index in [-0.39, 0.29) is 65.4 Å². The van der Waals surface area contributed by atoms with E-state index in [1.165, 1.54) is 33.1 Å². The predicted octanol–water partition coefficient (Wildman–Crippen LogP) is 7.47. The smallest absolute Gasteiger partial charge is 0.307 e. The van der Waals surface area contributed by atoms with Gasteiger partial charge in [-0.2, -0.15) is 26.3 Å². The van der Waals surface area contributed by atoms with Crippen LogP contribution in [0.1, 0.15) is 11.1 Å². The number of para-hydroxylation sites is 2. The van der Waals surface area contributed by atoms with Gasteiger partial charge in [0.15, 0.2) is 21.7 Å². The fourth-order valence-electron chi connectivity index (χ4n) is 7.12. The van der Waals surface area contributed by atoms with E-state index in [1.54, 1.807) is 36.4 Å². The molecule has 6 nitrogen and oxygen atoms in total. The second kappa shape index (κ2) is 8.85. The average molecular weight is 653 g/mol. The second-order valence-corrected chi connectivity index (χ2v) is 11.7. The Morgan fingerprint density at radius 3 is 1.06 bits per heavy atom. The SMILES string of the molecule is O=c1c2ccccc2n2c3cc4c(cc3c(=O)c3cc(C(F)(F)F)cc1c32)c(=O)c1cc(C(F)(F)F)cc2c(=O)c3ccccc3n4c21. The third-order valence-corrected chi connectivity index (χ3v) is 9.16. The summed E-state index contributed by atoms with van der Waals surface area (Å²) in [5.74, 6) is 0. The molecule has 9 rings (SSSR count). The van der Waals surface area contributed by atoms with Crippen molar-refractivity contribution in [1.29, 1.82) is 0 Å². The summed E-state index contributed by atoms with van der Waals surface area (Å²) in [6.07, 6.45) is -9.81. The van der Waals surface area contributed by atoms with Gasteiger partial charge in [0.25, 0.3) is 0 Å². The molecular weight excluding hydrogens is 638 g/mol. The lowest BCUT2D eigenvalue weighted by Crippen LogP contribution is -2.18. The lowest BCUT2D eigenvalue weighted by molar-refractivity contribution is -0.138. The Morgan fingerprint density at radius 1 is 0.375 bits per heavy atom. The number of hydrogen-bond donors (Lipinski definition) is 0. The number of nitrogens with zero attached hydrogens (tertiary/aromatic N) is 2. The van der Waals surface area contributed by atoms with Crippen LogP contribution in [0.25, 0.3) is 76.2 Å². The van der Waals surface area contributed by atoms with E-state index in [0.29, 0.717) is 24.3 Å². The average Bonchev–Trinajstić information content (AvgIpc) is 3.06. The summed E-state index contributed by atoms with van der Waals surface area (Å²) in [7, 11) is 0. The van der Waals surface area contributed by atoms with Crippen molar-refractivity contribution in [3.63, 3.8) is 0 Å². The standard InChI is InChI=1S/C36H14F6N2O4/c37-35(38,39)15-9-21-29-23(11-15)33(47)19-13-20-28(14-27(19)43(29)25-7-3-1-5-17(25)31(21)45)44-26-8-4-2-6-18(26)32(46)22-10-16(36(40,41)42)12-24(30(22)44)34(20)48/h1-14H. The Kier molecular flexibility index (Phi) is 5.20. The van der Waals surface area contributed by atoms with Gasteiger partial charge in [0, 0.05) is 43.1 Å². The number of hydrogen-bond acceptors (Lipinski definition) is 4. The van der Waals surface area contributed by atoms with Crippen molar-refractivity contribution in [2.24, 2.45) is 0 Å². The zero-order valence-electron chi connectivity index (χ0n) is 23.9. The minimum Gasteiger partial charge on any atom is -0.307 e. The number of alkyl halides is 6. The van der Waals surface area contributed by atoms with Crippen molar-refractivity contribution in [2.75, 3.05) is 0 Å². The normalized spacial score (nSPS) is 13.1. The van der Waals surface area contributed by atoms with Gasteiger partial charge in [-0.3, -0.25) is 19.2 Å². The molecule has 0 bridgehead atoms. The topological polar surface area (TPSA) is 77.1 Å². The molecule has 0 N–H and O–H groups in total. The highest BCUT2D eigenvalue weighted by Gasteiger charge is 2.34. The van der Waals surface area contributed by atoms with Gasteiger partial charge in [-0.15, -0.1) is 0 Å². The molecule has 48 heavy (non-hydrogen) atoms. The van der Waals surface area contributed by atoms with E-state index >= 15 is 0 Å². The third kappa shape index (κ3) is 3.48. The van der Waals surface area contributed by atoms with E-state index in [9.17, 15) is 45.5 Å². The first-order valence-electron chi connectivity index (χ1n) is 14.4. The summed E-state index contributed by atoms with van der Waals surface area (Å²) in [6.45, 7) is 0. The van der Waals surface area contributed by atoms with Crippen LogP contribution in [0.3, 0.4) is 0 Å². The summed E-state index contributed by atoms with van der Waals surface area (Å²) < 4.78 is 87.3. The van der Waals surface area contributed by atoms with E-state index in [1.807, 2.05) is 0 Å². The van der Waals surface area contributed by atoms with Crippen molar-refractivity contribution in [3.8, 4) is 0 Å². The number of benzene rings is 5. The Labute approximate surface area is 260 Å². The number of fused-ring (bicyclic) bond motifs is 8. The predicted molar refractivity (Wildman–Crippen MR) is 171 cm³/mol. The molecule has 0 aliphatic carbocycles. The maximum Gasteiger partial charge on any atom is 0.416 e. The van der Waals surface area contributed by atoms with Gasteiger partial charge in [-0.05, 0) is 60.7 Å². The molecule has 0 atom stereocenters. The van der Waals surface area contributed by atoms with Crippen LogP contribution in [0, 0.1) is 0 Å². The summed E-state index contributed by atoms with van der Waals surface area (Å²) in [6, 6.07) is 17.7. The highest BCUT2D eigenvalue weighted by molar-refractivity contribution is 6.13. The van der Waals surface area contributed by atoms with E-state index in [4.69, 9.17) is 0 Å². The van der Waals surface area contributed by atoms with Gasteiger partial charge < -0.3 is 8.80 Å². The molecule has 4 aromatic heterocycles.